The van der Waals surface area contributed by atoms with Gasteiger partial charge in [0, 0.05) is 11.4 Å². The van der Waals surface area contributed by atoms with Crippen LogP contribution in [0.5, 0.6) is 0 Å². The molecule has 1 aliphatic carbocycles. The Hall–Kier alpha value is -2.12. The summed E-state index contributed by atoms with van der Waals surface area (Å²) in [6.45, 7) is 6.59. The van der Waals surface area contributed by atoms with E-state index in [4.69, 9.17) is 4.98 Å². The van der Waals surface area contributed by atoms with Crippen LogP contribution in [0.1, 0.15) is 37.6 Å². The molecule has 7 heteroatoms. The predicted octanol–water partition coefficient (Wildman–Crippen LogP) is 4.19. The Morgan fingerprint density at radius 3 is 2.86 bits per heavy atom. The maximum Gasteiger partial charge on any atom is 0.267 e. The Morgan fingerprint density at radius 2 is 2.14 bits per heavy atom. The molecule has 5 nitrogen and oxygen atoms in total. The van der Waals surface area contributed by atoms with Crippen molar-refractivity contribution in [3.8, 4) is 5.69 Å². The summed E-state index contributed by atoms with van der Waals surface area (Å²) in [6.07, 6.45) is 3.05. The third-order valence-corrected chi connectivity index (χ3v) is 7.52. The second kappa shape index (κ2) is 8.32. The largest absolute Gasteiger partial charge is 0.355 e. The first-order valence-corrected chi connectivity index (χ1v) is 11.8. The number of rotatable bonds is 5. The van der Waals surface area contributed by atoms with Crippen LogP contribution >= 0.6 is 23.1 Å². The van der Waals surface area contributed by atoms with Crippen molar-refractivity contribution in [2.45, 2.75) is 50.4 Å². The lowest BCUT2D eigenvalue weighted by molar-refractivity contribution is -0.120. The van der Waals surface area contributed by atoms with Gasteiger partial charge in [-0.25, -0.2) is 4.98 Å². The number of aromatic nitrogens is 2. The van der Waals surface area contributed by atoms with Crippen LogP contribution in [0, 0.1) is 5.92 Å². The SMILES string of the molecule is CCNC(=O)C(C)Sc1nc2sc3c(c2c(=O)n1-c1ccccc1)CCC(C)C3. The molecule has 4 rings (SSSR count). The number of carbonyl (C=O) groups is 1. The summed E-state index contributed by atoms with van der Waals surface area (Å²) >= 11 is 2.98. The zero-order valence-electron chi connectivity index (χ0n) is 16.9. The highest BCUT2D eigenvalue weighted by Crippen LogP contribution is 2.37. The Kier molecular flexibility index (Phi) is 5.79. The first kappa shape index (κ1) is 20.2. The van der Waals surface area contributed by atoms with Gasteiger partial charge in [0.15, 0.2) is 5.16 Å². The van der Waals surface area contributed by atoms with Crippen LogP contribution in [-0.4, -0.2) is 27.3 Å². The fourth-order valence-corrected chi connectivity index (χ4v) is 6.16. The van der Waals surface area contributed by atoms with Crippen molar-refractivity contribution in [1.82, 2.24) is 14.9 Å². The lowest BCUT2D eigenvalue weighted by Crippen LogP contribution is -2.31. The van der Waals surface area contributed by atoms with E-state index < -0.39 is 0 Å². The van der Waals surface area contributed by atoms with E-state index >= 15 is 0 Å². The first-order valence-electron chi connectivity index (χ1n) is 10.1. The molecule has 1 aromatic carbocycles. The summed E-state index contributed by atoms with van der Waals surface area (Å²) in [7, 11) is 0. The number of benzene rings is 1. The number of aryl methyl sites for hydroxylation is 1. The fourth-order valence-electron chi connectivity index (χ4n) is 3.78. The maximum atomic E-state index is 13.7. The van der Waals surface area contributed by atoms with Crippen molar-refractivity contribution in [1.29, 1.82) is 0 Å². The third-order valence-electron chi connectivity index (χ3n) is 5.32. The van der Waals surface area contributed by atoms with Gasteiger partial charge >= 0.3 is 0 Å². The number of para-hydroxylation sites is 1. The highest BCUT2D eigenvalue weighted by Gasteiger charge is 2.26. The monoisotopic (exact) mass is 427 g/mol. The van der Waals surface area contributed by atoms with Crippen LogP contribution in [0.25, 0.3) is 15.9 Å². The van der Waals surface area contributed by atoms with Gasteiger partial charge in [-0.1, -0.05) is 36.9 Å². The topological polar surface area (TPSA) is 64.0 Å². The normalized spacial score (nSPS) is 17.1. The van der Waals surface area contributed by atoms with Gasteiger partial charge in [0.05, 0.1) is 16.3 Å². The highest BCUT2D eigenvalue weighted by molar-refractivity contribution is 8.00. The van der Waals surface area contributed by atoms with Crippen molar-refractivity contribution in [3.05, 3.63) is 51.1 Å². The molecule has 0 saturated heterocycles. The Labute approximate surface area is 178 Å². The first-order chi connectivity index (χ1) is 14.0. The van der Waals surface area contributed by atoms with Crippen LogP contribution in [0.3, 0.4) is 0 Å². The van der Waals surface area contributed by atoms with Gasteiger partial charge in [0.2, 0.25) is 5.91 Å². The number of nitrogens with zero attached hydrogens (tertiary/aromatic N) is 2. The van der Waals surface area contributed by atoms with E-state index in [0.29, 0.717) is 17.6 Å². The number of nitrogens with one attached hydrogen (secondary N) is 1. The highest BCUT2D eigenvalue weighted by atomic mass is 32.2. The Balaban J connectivity index is 1.89. The van der Waals surface area contributed by atoms with E-state index in [1.54, 1.807) is 15.9 Å². The van der Waals surface area contributed by atoms with Crippen molar-refractivity contribution < 1.29 is 4.79 Å². The Morgan fingerprint density at radius 1 is 1.38 bits per heavy atom. The molecule has 29 heavy (non-hydrogen) atoms. The lowest BCUT2D eigenvalue weighted by atomic mass is 9.89. The van der Waals surface area contributed by atoms with Gasteiger partial charge in [-0.15, -0.1) is 11.3 Å². The van der Waals surface area contributed by atoms with Gasteiger partial charge in [-0.3, -0.25) is 14.2 Å². The lowest BCUT2D eigenvalue weighted by Gasteiger charge is -2.18. The maximum absolute atomic E-state index is 13.7. The molecular formula is C22H25N3O2S2. The van der Waals surface area contributed by atoms with Crippen LogP contribution in [0.4, 0.5) is 0 Å². The third kappa shape index (κ3) is 3.85. The van der Waals surface area contributed by atoms with Gasteiger partial charge in [0.1, 0.15) is 4.83 Å². The van der Waals surface area contributed by atoms with Crippen LogP contribution in [-0.2, 0) is 17.6 Å². The van der Waals surface area contributed by atoms with Gasteiger partial charge in [-0.05, 0) is 56.7 Å². The molecule has 0 spiro atoms. The molecule has 0 aliphatic heterocycles. The van der Waals surface area contributed by atoms with Gasteiger partial charge < -0.3 is 5.32 Å². The van der Waals surface area contributed by atoms with E-state index in [1.807, 2.05) is 44.2 Å². The van der Waals surface area contributed by atoms with E-state index in [-0.39, 0.29) is 16.7 Å². The molecule has 1 N–H and O–H groups in total. The second-order valence-corrected chi connectivity index (χ2v) is 9.95. The molecule has 2 heterocycles. The number of carbonyl (C=O) groups excluding carboxylic acids is 1. The van der Waals surface area contributed by atoms with E-state index in [1.165, 1.54) is 22.2 Å². The fraction of sp³-hybridized carbons (Fsp3) is 0.409. The number of hydrogen-bond donors (Lipinski definition) is 1. The number of amides is 1. The molecule has 0 radical (unpaired) electrons. The van der Waals surface area contributed by atoms with Gasteiger partial charge in [-0.2, -0.15) is 0 Å². The molecule has 0 saturated carbocycles. The quantitative estimate of drug-likeness (QED) is 0.490. The molecule has 2 atom stereocenters. The van der Waals surface area contributed by atoms with Crippen molar-refractivity contribution in [2.75, 3.05) is 6.54 Å². The zero-order chi connectivity index (χ0) is 20.5. The van der Waals surface area contributed by atoms with E-state index in [0.717, 1.165) is 35.2 Å². The molecule has 1 aliphatic rings. The molecule has 0 bridgehead atoms. The molecule has 0 fully saturated rings. The minimum atomic E-state index is -0.344. The molecule has 152 valence electrons. The molecular weight excluding hydrogens is 402 g/mol. The van der Waals surface area contributed by atoms with Crippen molar-refractivity contribution in [3.63, 3.8) is 0 Å². The predicted molar refractivity (Wildman–Crippen MR) is 120 cm³/mol. The molecule has 2 aromatic heterocycles. The summed E-state index contributed by atoms with van der Waals surface area (Å²) in [5.74, 6) is 0.587. The average Bonchev–Trinajstić information content (AvgIpc) is 3.06. The van der Waals surface area contributed by atoms with E-state index in [9.17, 15) is 9.59 Å². The summed E-state index contributed by atoms with van der Waals surface area (Å²) in [6, 6.07) is 9.59. The van der Waals surface area contributed by atoms with Crippen molar-refractivity contribution >= 4 is 39.2 Å². The van der Waals surface area contributed by atoms with E-state index in [2.05, 4.69) is 12.2 Å². The molecule has 1 amide bonds. The summed E-state index contributed by atoms with van der Waals surface area (Å²) < 4.78 is 1.67. The smallest absolute Gasteiger partial charge is 0.267 e. The van der Waals surface area contributed by atoms with Crippen LogP contribution in [0.2, 0.25) is 0 Å². The number of thiophene rings is 1. The number of thioether (sulfide) groups is 1. The summed E-state index contributed by atoms with van der Waals surface area (Å²) in [5.41, 5.74) is 1.93. The van der Waals surface area contributed by atoms with Crippen LogP contribution < -0.4 is 10.9 Å². The summed E-state index contributed by atoms with van der Waals surface area (Å²) in [5, 5.41) is 3.83. The second-order valence-electron chi connectivity index (χ2n) is 7.56. The molecule has 2 unspecified atom stereocenters. The standard InChI is InChI=1S/C22H25N3O2S2/c1-4-23-19(26)14(3)28-22-24-20-18(16-11-10-13(2)12-17(16)29-20)21(27)25(22)15-8-6-5-7-9-15/h5-9,13-14H,4,10-12H2,1-3H3,(H,23,26). The zero-order valence-corrected chi connectivity index (χ0v) is 18.5. The number of hydrogen-bond acceptors (Lipinski definition) is 5. The van der Waals surface area contributed by atoms with Crippen molar-refractivity contribution in [2.24, 2.45) is 5.92 Å². The molecule has 3 aromatic rings. The minimum absolute atomic E-state index is 0.0288. The minimum Gasteiger partial charge on any atom is -0.355 e. The Bertz CT molecular complexity index is 1100. The van der Waals surface area contributed by atoms with Crippen LogP contribution in [0.15, 0.2) is 40.3 Å². The number of fused-ring (bicyclic) bond motifs is 3. The average molecular weight is 428 g/mol. The van der Waals surface area contributed by atoms with Gasteiger partial charge in [0.25, 0.3) is 5.56 Å². The summed E-state index contributed by atoms with van der Waals surface area (Å²) in [4.78, 5) is 32.9.